The summed E-state index contributed by atoms with van der Waals surface area (Å²) in [6.45, 7) is 9.32. The second-order valence-electron chi connectivity index (χ2n) is 7.47. The summed E-state index contributed by atoms with van der Waals surface area (Å²) in [7, 11) is 0. The van der Waals surface area contributed by atoms with Gasteiger partial charge in [-0.3, -0.25) is 0 Å². The van der Waals surface area contributed by atoms with Gasteiger partial charge in [-0.05, 0) is 51.1 Å². The molecule has 3 aliphatic rings. The van der Waals surface area contributed by atoms with E-state index >= 15 is 0 Å². The minimum atomic E-state index is 0.403. The van der Waals surface area contributed by atoms with E-state index < -0.39 is 0 Å². The maximum Gasteiger partial charge on any atom is 0.0547 e. The van der Waals surface area contributed by atoms with Crippen LogP contribution in [0.15, 0.2) is 0 Å². The summed E-state index contributed by atoms with van der Waals surface area (Å²) in [6.07, 6.45) is 9.65. The molecule has 0 amide bonds. The van der Waals surface area contributed by atoms with Crippen LogP contribution in [-0.4, -0.2) is 50.3 Å². The minimum absolute atomic E-state index is 0.403. The third-order valence-corrected chi connectivity index (χ3v) is 5.49. The van der Waals surface area contributed by atoms with Crippen LogP contribution in [0.25, 0.3) is 0 Å². The molecule has 0 aromatic heterocycles. The molecule has 2 heterocycles. The Balaban J connectivity index is 1.46. The molecule has 1 unspecified atom stereocenters. The molecule has 3 heteroatoms. The molecule has 1 atom stereocenters. The number of ether oxygens (including phenoxy) is 1. The van der Waals surface area contributed by atoms with Crippen molar-refractivity contribution < 1.29 is 4.74 Å². The zero-order chi connectivity index (χ0) is 13.8. The maximum absolute atomic E-state index is 5.75. The van der Waals surface area contributed by atoms with Crippen molar-refractivity contribution in [1.29, 1.82) is 0 Å². The molecular weight excluding hydrogens is 248 g/mol. The van der Waals surface area contributed by atoms with Crippen LogP contribution in [0.3, 0.4) is 0 Å². The van der Waals surface area contributed by atoms with E-state index in [-0.39, 0.29) is 0 Å². The first-order valence-electron chi connectivity index (χ1n) is 8.83. The molecule has 116 valence electrons. The fourth-order valence-electron chi connectivity index (χ4n) is 3.93. The van der Waals surface area contributed by atoms with Crippen molar-refractivity contribution in [3.05, 3.63) is 0 Å². The van der Waals surface area contributed by atoms with E-state index in [1.165, 1.54) is 71.1 Å². The molecule has 1 saturated carbocycles. The highest BCUT2D eigenvalue weighted by Gasteiger charge is 2.38. The predicted octanol–water partition coefficient (Wildman–Crippen LogP) is 2.66. The van der Waals surface area contributed by atoms with Crippen LogP contribution in [0.5, 0.6) is 0 Å². The van der Waals surface area contributed by atoms with Crippen LogP contribution in [0.2, 0.25) is 0 Å². The topological polar surface area (TPSA) is 24.5 Å². The van der Waals surface area contributed by atoms with Gasteiger partial charge in [0.1, 0.15) is 0 Å². The standard InChI is InChI=1S/C17H32N2O/c1-2-3-15-6-9-19(10-7-15)13-17(8-11-20-14-17)12-18-16-4-5-16/h15-16,18H,2-14H2,1H3. The zero-order valence-corrected chi connectivity index (χ0v) is 13.2. The van der Waals surface area contributed by atoms with Gasteiger partial charge < -0.3 is 15.0 Å². The monoisotopic (exact) mass is 280 g/mol. The van der Waals surface area contributed by atoms with Crippen molar-refractivity contribution in [2.75, 3.05) is 39.4 Å². The lowest BCUT2D eigenvalue weighted by Gasteiger charge is -2.38. The van der Waals surface area contributed by atoms with Crippen molar-refractivity contribution in [1.82, 2.24) is 10.2 Å². The molecule has 0 aromatic rings. The van der Waals surface area contributed by atoms with E-state index in [0.29, 0.717) is 5.41 Å². The lowest BCUT2D eigenvalue weighted by Crippen LogP contribution is -2.47. The van der Waals surface area contributed by atoms with E-state index in [4.69, 9.17) is 4.74 Å². The van der Waals surface area contributed by atoms with Gasteiger partial charge in [-0.15, -0.1) is 0 Å². The Hall–Kier alpha value is -0.120. The van der Waals surface area contributed by atoms with Crippen molar-refractivity contribution in [2.24, 2.45) is 11.3 Å². The summed E-state index contributed by atoms with van der Waals surface area (Å²) >= 11 is 0. The Kier molecular flexibility index (Phi) is 5.00. The number of nitrogens with zero attached hydrogens (tertiary/aromatic N) is 1. The molecule has 1 N–H and O–H groups in total. The van der Waals surface area contributed by atoms with Crippen LogP contribution in [0.4, 0.5) is 0 Å². The number of piperidine rings is 1. The highest BCUT2D eigenvalue weighted by molar-refractivity contribution is 4.92. The summed E-state index contributed by atoms with van der Waals surface area (Å²) in [5, 5.41) is 3.75. The molecule has 2 aliphatic heterocycles. The summed E-state index contributed by atoms with van der Waals surface area (Å²) < 4.78 is 5.75. The first-order valence-corrected chi connectivity index (χ1v) is 8.83. The Bertz CT molecular complexity index is 289. The molecular formula is C17H32N2O. The fraction of sp³-hybridized carbons (Fsp3) is 1.00. The van der Waals surface area contributed by atoms with Gasteiger partial charge in [0.15, 0.2) is 0 Å². The quantitative estimate of drug-likeness (QED) is 0.776. The molecule has 0 bridgehead atoms. The molecule has 0 aromatic carbocycles. The first-order chi connectivity index (χ1) is 9.80. The second-order valence-corrected chi connectivity index (χ2v) is 7.47. The summed E-state index contributed by atoms with van der Waals surface area (Å²) in [4.78, 5) is 2.72. The van der Waals surface area contributed by atoms with E-state index in [1.807, 2.05) is 0 Å². The Morgan fingerprint density at radius 3 is 2.60 bits per heavy atom. The molecule has 0 spiro atoms. The first kappa shape index (κ1) is 14.8. The van der Waals surface area contributed by atoms with Gasteiger partial charge in [0.25, 0.3) is 0 Å². The zero-order valence-electron chi connectivity index (χ0n) is 13.2. The molecule has 3 rings (SSSR count). The van der Waals surface area contributed by atoms with Crippen LogP contribution < -0.4 is 5.32 Å². The predicted molar refractivity (Wildman–Crippen MR) is 83.0 cm³/mol. The highest BCUT2D eigenvalue weighted by Crippen LogP contribution is 2.32. The summed E-state index contributed by atoms with van der Waals surface area (Å²) in [5.41, 5.74) is 0.403. The van der Waals surface area contributed by atoms with Crippen LogP contribution in [-0.2, 0) is 4.74 Å². The van der Waals surface area contributed by atoms with Crippen LogP contribution in [0, 0.1) is 11.3 Å². The van der Waals surface area contributed by atoms with E-state index in [9.17, 15) is 0 Å². The van der Waals surface area contributed by atoms with Gasteiger partial charge in [0.05, 0.1) is 6.61 Å². The third kappa shape index (κ3) is 3.96. The molecule has 3 fully saturated rings. The molecule has 0 radical (unpaired) electrons. The second kappa shape index (κ2) is 6.76. The normalized spacial score (nSPS) is 32.9. The third-order valence-electron chi connectivity index (χ3n) is 5.49. The van der Waals surface area contributed by atoms with Crippen LogP contribution >= 0.6 is 0 Å². The smallest absolute Gasteiger partial charge is 0.0547 e. The minimum Gasteiger partial charge on any atom is -0.381 e. The van der Waals surface area contributed by atoms with Crippen molar-refractivity contribution >= 4 is 0 Å². The Morgan fingerprint density at radius 2 is 2.00 bits per heavy atom. The SMILES string of the molecule is CCCC1CCN(CC2(CNC3CC3)CCOC2)CC1. The number of hydrogen-bond donors (Lipinski definition) is 1. The fourth-order valence-corrected chi connectivity index (χ4v) is 3.93. The average Bonchev–Trinajstić information content (AvgIpc) is 3.19. The van der Waals surface area contributed by atoms with Gasteiger partial charge in [0, 0.05) is 31.2 Å². The van der Waals surface area contributed by atoms with Crippen LogP contribution in [0.1, 0.15) is 51.9 Å². The van der Waals surface area contributed by atoms with Gasteiger partial charge in [-0.2, -0.15) is 0 Å². The van der Waals surface area contributed by atoms with Crippen molar-refractivity contribution in [2.45, 2.75) is 57.9 Å². The summed E-state index contributed by atoms with van der Waals surface area (Å²) in [6, 6.07) is 0.822. The van der Waals surface area contributed by atoms with Gasteiger partial charge in [0.2, 0.25) is 0 Å². The lowest BCUT2D eigenvalue weighted by molar-refractivity contribution is 0.0856. The van der Waals surface area contributed by atoms with Crippen molar-refractivity contribution in [3.8, 4) is 0 Å². The molecule has 1 aliphatic carbocycles. The Labute approximate surface area is 124 Å². The average molecular weight is 280 g/mol. The number of likely N-dealkylation sites (tertiary alicyclic amines) is 1. The summed E-state index contributed by atoms with van der Waals surface area (Å²) in [5.74, 6) is 0.997. The van der Waals surface area contributed by atoms with E-state index in [1.54, 1.807) is 0 Å². The largest absolute Gasteiger partial charge is 0.381 e. The molecule has 20 heavy (non-hydrogen) atoms. The van der Waals surface area contributed by atoms with E-state index in [2.05, 4.69) is 17.1 Å². The number of nitrogens with one attached hydrogen (secondary N) is 1. The van der Waals surface area contributed by atoms with Gasteiger partial charge >= 0.3 is 0 Å². The van der Waals surface area contributed by atoms with Crippen molar-refractivity contribution in [3.63, 3.8) is 0 Å². The Morgan fingerprint density at radius 1 is 1.20 bits per heavy atom. The lowest BCUT2D eigenvalue weighted by atomic mass is 9.84. The van der Waals surface area contributed by atoms with Gasteiger partial charge in [-0.1, -0.05) is 19.8 Å². The molecule has 3 nitrogen and oxygen atoms in total. The van der Waals surface area contributed by atoms with E-state index in [0.717, 1.165) is 25.2 Å². The highest BCUT2D eigenvalue weighted by atomic mass is 16.5. The van der Waals surface area contributed by atoms with Gasteiger partial charge in [-0.25, -0.2) is 0 Å². The maximum atomic E-state index is 5.75. The number of hydrogen-bond acceptors (Lipinski definition) is 3. The molecule has 2 saturated heterocycles. The number of rotatable bonds is 7.